The van der Waals surface area contributed by atoms with Gasteiger partial charge in [-0.1, -0.05) is 92.0 Å². The third-order valence-electron chi connectivity index (χ3n) is 7.17. The summed E-state index contributed by atoms with van der Waals surface area (Å²) >= 11 is 1.72. The van der Waals surface area contributed by atoms with Gasteiger partial charge in [0.2, 0.25) is 0 Å². The van der Waals surface area contributed by atoms with E-state index in [9.17, 15) is 4.79 Å². The first kappa shape index (κ1) is 21.5. The Morgan fingerprint density at radius 3 is 2.53 bits per heavy atom. The number of hydrogen-bond acceptors (Lipinski definition) is 3. The highest BCUT2D eigenvalue weighted by atomic mass is 32.2. The summed E-state index contributed by atoms with van der Waals surface area (Å²) in [5, 5.41) is 0.860. The van der Waals surface area contributed by atoms with Crippen LogP contribution in [0.25, 0.3) is 11.3 Å². The average Bonchev–Trinajstić information content (AvgIpc) is 2.81. The molecule has 2 aliphatic rings. The van der Waals surface area contributed by atoms with Crippen LogP contribution in [0.4, 0.5) is 0 Å². The molecule has 32 heavy (non-hydrogen) atoms. The van der Waals surface area contributed by atoms with Gasteiger partial charge in [0.1, 0.15) is 0 Å². The minimum Gasteiger partial charge on any atom is -0.283 e. The summed E-state index contributed by atoms with van der Waals surface area (Å²) < 4.78 is 1.97. The second-order valence-electron chi connectivity index (χ2n) is 9.52. The van der Waals surface area contributed by atoms with E-state index in [0.29, 0.717) is 6.54 Å². The number of thioether (sulfide) groups is 1. The van der Waals surface area contributed by atoms with Crippen molar-refractivity contribution in [3.05, 3.63) is 81.1 Å². The molecule has 1 aromatic heterocycles. The lowest BCUT2D eigenvalue weighted by atomic mass is 9.62. The summed E-state index contributed by atoms with van der Waals surface area (Å²) in [5.41, 5.74) is 6.99. The number of nitrogens with zero attached hydrogens (tertiary/aromatic N) is 2. The van der Waals surface area contributed by atoms with Crippen molar-refractivity contribution in [2.45, 2.75) is 75.9 Å². The Bertz CT molecular complexity index is 1170. The van der Waals surface area contributed by atoms with Crippen LogP contribution in [-0.2, 0) is 18.4 Å². The number of rotatable bonds is 5. The van der Waals surface area contributed by atoms with Crippen molar-refractivity contribution in [2.75, 3.05) is 5.75 Å². The minimum atomic E-state index is -0.0605. The van der Waals surface area contributed by atoms with Crippen LogP contribution in [0.3, 0.4) is 0 Å². The molecule has 1 fully saturated rings. The van der Waals surface area contributed by atoms with Crippen LogP contribution in [0.1, 0.15) is 67.7 Å². The number of fused-ring (bicyclic) bond motifs is 4. The molecule has 166 valence electrons. The molecule has 0 saturated heterocycles. The van der Waals surface area contributed by atoms with E-state index in [4.69, 9.17) is 4.98 Å². The van der Waals surface area contributed by atoms with Crippen LogP contribution in [0.2, 0.25) is 0 Å². The highest BCUT2D eigenvalue weighted by Gasteiger charge is 2.43. The topological polar surface area (TPSA) is 34.9 Å². The van der Waals surface area contributed by atoms with Crippen LogP contribution in [-0.4, -0.2) is 15.3 Å². The van der Waals surface area contributed by atoms with Gasteiger partial charge in [0.05, 0.1) is 17.8 Å². The quantitative estimate of drug-likeness (QED) is 0.332. The van der Waals surface area contributed by atoms with Gasteiger partial charge in [-0.05, 0) is 43.7 Å². The number of aromatic nitrogens is 2. The Kier molecular flexibility index (Phi) is 5.98. The molecule has 0 unspecified atom stereocenters. The van der Waals surface area contributed by atoms with Gasteiger partial charge in [0.15, 0.2) is 5.16 Å². The van der Waals surface area contributed by atoms with Crippen molar-refractivity contribution < 1.29 is 0 Å². The van der Waals surface area contributed by atoms with E-state index in [1.165, 1.54) is 30.4 Å². The van der Waals surface area contributed by atoms with E-state index in [2.05, 4.69) is 62.4 Å². The average molecular weight is 445 g/mol. The summed E-state index contributed by atoms with van der Waals surface area (Å²) in [6.45, 7) is 4.87. The normalized spacial score (nSPS) is 16.6. The fourth-order valence-corrected chi connectivity index (χ4v) is 6.39. The molecule has 2 aliphatic carbocycles. The molecule has 2 aromatic carbocycles. The van der Waals surface area contributed by atoms with Crippen LogP contribution in [0.5, 0.6) is 0 Å². The molecule has 0 radical (unpaired) electrons. The van der Waals surface area contributed by atoms with Crippen molar-refractivity contribution in [3.63, 3.8) is 0 Å². The third kappa shape index (κ3) is 3.83. The molecular weight excluding hydrogens is 412 g/mol. The molecule has 3 aromatic rings. The summed E-state index contributed by atoms with van der Waals surface area (Å²) in [6.07, 6.45) is 7.89. The zero-order valence-electron chi connectivity index (χ0n) is 19.2. The number of benzene rings is 2. The van der Waals surface area contributed by atoms with Crippen LogP contribution < -0.4 is 5.56 Å². The fraction of sp³-hybridized carbons (Fsp3) is 0.429. The van der Waals surface area contributed by atoms with Gasteiger partial charge in [-0.2, -0.15) is 0 Å². The van der Waals surface area contributed by atoms with E-state index >= 15 is 0 Å². The van der Waals surface area contributed by atoms with Gasteiger partial charge < -0.3 is 0 Å². The van der Waals surface area contributed by atoms with Crippen molar-refractivity contribution in [3.8, 4) is 11.3 Å². The van der Waals surface area contributed by atoms with Gasteiger partial charge in [-0.25, -0.2) is 4.98 Å². The lowest BCUT2D eigenvalue weighted by Crippen LogP contribution is -2.43. The van der Waals surface area contributed by atoms with Crippen LogP contribution >= 0.6 is 11.8 Å². The van der Waals surface area contributed by atoms with Crippen LogP contribution in [0, 0.1) is 6.92 Å². The van der Waals surface area contributed by atoms with Crippen molar-refractivity contribution in [1.82, 2.24) is 9.55 Å². The van der Waals surface area contributed by atoms with E-state index in [-0.39, 0.29) is 11.0 Å². The summed E-state index contributed by atoms with van der Waals surface area (Å²) in [4.78, 5) is 19.5. The zero-order valence-corrected chi connectivity index (χ0v) is 20.0. The largest absolute Gasteiger partial charge is 0.283 e. The van der Waals surface area contributed by atoms with Crippen molar-refractivity contribution >= 4 is 11.8 Å². The summed E-state index contributed by atoms with van der Waals surface area (Å²) in [5.74, 6) is 0.964. The van der Waals surface area contributed by atoms with Crippen molar-refractivity contribution in [1.29, 1.82) is 0 Å². The molecule has 1 spiro atoms. The molecule has 1 heterocycles. The maximum atomic E-state index is 14.3. The lowest BCUT2D eigenvalue weighted by molar-refractivity contribution is 0.282. The first-order valence-electron chi connectivity index (χ1n) is 12.0. The number of aryl methyl sites for hydroxylation is 1. The van der Waals surface area contributed by atoms with E-state index < -0.39 is 0 Å². The molecule has 0 aliphatic heterocycles. The molecule has 4 heteroatoms. The van der Waals surface area contributed by atoms with Crippen molar-refractivity contribution in [2.24, 2.45) is 0 Å². The first-order chi connectivity index (χ1) is 15.6. The Labute approximate surface area is 195 Å². The lowest BCUT2D eigenvalue weighted by Gasteiger charge is -2.42. The fourth-order valence-electron chi connectivity index (χ4n) is 5.54. The molecule has 0 N–H and O–H groups in total. The second-order valence-corrected chi connectivity index (χ2v) is 10.6. The van der Waals surface area contributed by atoms with Gasteiger partial charge in [0, 0.05) is 16.7 Å². The monoisotopic (exact) mass is 444 g/mol. The predicted molar refractivity (Wildman–Crippen MR) is 134 cm³/mol. The molecule has 1 saturated carbocycles. The molecule has 3 nitrogen and oxygen atoms in total. The maximum absolute atomic E-state index is 14.3. The third-order valence-corrected chi connectivity index (χ3v) is 8.36. The van der Waals surface area contributed by atoms with Gasteiger partial charge in [0.25, 0.3) is 5.56 Å². The minimum absolute atomic E-state index is 0.0605. The summed E-state index contributed by atoms with van der Waals surface area (Å²) in [7, 11) is 0. The molecule has 5 rings (SSSR count). The Morgan fingerprint density at radius 1 is 1.03 bits per heavy atom. The highest BCUT2D eigenvalue weighted by molar-refractivity contribution is 7.99. The zero-order chi connectivity index (χ0) is 22.1. The van der Waals surface area contributed by atoms with Gasteiger partial charge >= 0.3 is 0 Å². The molecule has 0 bridgehead atoms. The maximum Gasteiger partial charge on any atom is 0.258 e. The molecule has 0 atom stereocenters. The molecule has 0 amide bonds. The van der Waals surface area contributed by atoms with E-state index in [1.807, 2.05) is 4.57 Å². The summed E-state index contributed by atoms with van der Waals surface area (Å²) in [6, 6.07) is 17.2. The van der Waals surface area contributed by atoms with Gasteiger partial charge in [-0.3, -0.25) is 9.36 Å². The first-order valence-corrected chi connectivity index (χ1v) is 13.0. The SMILES string of the molecule is CCCSc1nc2c(c(=O)n1Cc1ccc(C)cc1)C1(CCCCC1)Cc1ccccc1-2. The van der Waals surface area contributed by atoms with Crippen LogP contribution in [0.15, 0.2) is 58.5 Å². The Morgan fingerprint density at radius 2 is 1.78 bits per heavy atom. The highest BCUT2D eigenvalue weighted by Crippen LogP contribution is 2.48. The van der Waals surface area contributed by atoms with E-state index in [0.717, 1.165) is 59.0 Å². The molecular formula is C28H32N2OS. The van der Waals surface area contributed by atoms with Gasteiger partial charge in [-0.15, -0.1) is 0 Å². The second kappa shape index (κ2) is 8.90. The predicted octanol–water partition coefficient (Wildman–Crippen LogP) is 6.53. The standard InChI is InChI=1S/C28H32N2OS/c1-3-17-32-27-29-25-23-10-6-5-9-22(23)18-28(15-7-4-8-16-28)24(25)26(31)30(27)19-21-13-11-20(2)12-14-21/h5-6,9-14H,3-4,7-8,15-19H2,1-2H3. The number of hydrogen-bond donors (Lipinski definition) is 0. The van der Waals surface area contributed by atoms with E-state index in [1.54, 1.807) is 11.8 Å². The Balaban J connectivity index is 1.72. The smallest absolute Gasteiger partial charge is 0.258 e. The Hall–Kier alpha value is -2.33.